The maximum absolute atomic E-state index is 13.0. The second kappa shape index (κ2) is 5.75. The normalized spacial score (nSPS) is 18.8. The Balaban J connectivity index is 1.90. The molecule has 1 aliphatic heterocycles. The highest BCUT2D eigenvalue weighted by atomic mass is 19.2. The number of benzene rings is 1. The Morgan fingerprint density at radius 3 is 2.84 bits per heavy atom. The van der Waals surface area contributed by atoms with Crippen LogP contribution in [0.1, 0.15) is 0 Å². The van der Waals surface area contributed by atoms with Crippen molar-refractivity contribution in [1.29, 1.82) is 0 Å². The van der Waals surface area contributed by atoms with E-state index in [4.69, 9.17) is 0 Å². The number of nitrogens with one attached hydrogen (secondary N) is 3. The van der Waals surface area contributed by atoms with E-state index in [0.717, 1.165) is 17.0 Å². The predicted octanol–water partition coefficient (Wildman–Crippen LogP) is -1.08. The molecule has 1 atom stereocenters. The lowest BCUT2D eigenvalue weighted by Gasteiger charge is -2.22. The van der Waals surface area contributed by atoms with Crippen molar-refractivity contribution in [3.8, 4) is 0 Å². The molecule has 0 aromatic heterocycles. The number of carbonyl (C=O) groups excluding carboxylic acids is 2. The third kappa shape index (κ3) is 3.72. The lowest BCUT2D eigenvalue weighted by molar-refractivity contribution is -0.885. The van der Waals surface area contributed by atoms with E-state index in [1.54, 1.807) is 0 Å². The van der Waals surface area contributed by atoms with E-state index in [2.05, 4.69) is 10.6 Å². The molecule has 1 fully saturated rings. The van der Waals surface area contributed by atoms with Gasteiger partial charge in [-0.3, -0.25) is 9.59 Å². The van der Waals surface area contributed by atoms with Gasteiger partial charge < -0.3 is 15.5 Å². The molecule has 0 aliphatic carbocycles. The Hall–Kier alpha value is -2.02. The van der Waals surface area contributed by atoms with E-state index in [1.807, 2.05) is 0 Å². The summed E-state index contributed by atoms with van der Waals surface area (Å²) in [6.45, 7) is 1.56. The van der Waals surface area contributed by atoms with Crippen LogP contribution >= 0.6 is 0 Å². The van der Waals surface area contributed by atoms with E-state index in [-0.39, 0.29) is 30.6 Å². The van der Waals surface area contributed by atoms with Crippen LogP contribution in [-0.4, -0.2) is 38.0 Å². The van der Waals surface area contributed by atoms with Crippen molar-refractivity contribution in [2.24, 2.45) is 0 Å². The molecule has 2 amide bonds. The summed E-state index contributed by atoms with van der Waals surface area (Å²) in [6, 6.07) is 3.16. The highest BCUT2D eigenvalue weighted by molar-refractivity contribution is 5.91. The van der Waals surface area contributed by atoms with Crippen LogP contribution in [0.15, 0.2) is 18.2 Å². The molecule has 3 N–H and O–H groups in total. The average Bonchev–Trinajstić information content (AvgIpc) is 2.34. The summed E-state index contributed by atoms with van der Waals surface area (Å²) in [7, 11) is 0. The van der Waals surface area contributed by atoms with Gasteiger partial charge in [0.1, 0.15) is 0 Å². The zero-order valence-corrected chi connectivity index (χ0v) is 10.1. The smallest absolute Gasteiger partial charge is 0.279 e. The number of hydrogen-bond donors (Lipinski definition) is 3. The van der Waals surface area contributed by atoms with Crippen molar-refractivity contribution < 1.29 is 23.3 Å². The maximum atomic E-state index is 13.0. The molecule has 102 valence electrons. The van der Waals surface area contributed by atoms with Gasteiger partial charge in [0.25, 0.3) is 11.8 Å². The number of piperazine rings is 1. The number of halogens is 2. The quantitative estimate of drug-likeness (QED) is 0.654. The third-order valence-electron chi connectivity index (χ3n) is 2.83. The molecule has 1 aromatic carbocycles. The van der Waals surface area contributed by atoms with Gasteiger partial charge in [0.2, 0.25) is 0 Å². The summed E-state index contributed by atoms with van der Waals surface area (Å²) in [5.74, 6) is -2.41. The molecular formula is C12H14F2N3O2+. The topological polar surface area (TPSA) is 62.6 Å². The van der Waals surface area contributed by atoms with Gasteiger partial charge in [-0.15, -0.1) is 0 Å². The highest BCUT2D eigenvalue weighted by Gasteiger charge is 2.22. The molecule has 0 bridgehead atoms. The van der Waals surface area contributed by atoms with E-state index in [9.17, 15) is 18.4 Å². The zero-order chi connectivity index (χ0) is 13.8. The minimum absolute atomic E-state index is 0.0955. The summed E-state index contributed by atoms with van der Waals surface area (Å²) in [4.78, 5) is 23.7. The van der Waals surface area contributed by atoms with Crippen molar-refractivity contribution in [2.75, 3.05) is 31.5 Å². The Morgan fingerprint density at radius 2 is 2.16 bits per heavy atom. The van der Waals surface area contributed by atoms with Crippen molar-refractivity contribution in [3.05, 3.63) is 29.8 Å². The number of carbonyl (C=O) groups is 2. The SMILES string of the molecule is O=C1C[NH+](CC(=O)Nc2ccc(F)c(F)c2)CCN1. The second-order valence-electron chi connectivity index (χ2n) is 4.38. The Bertz CT molecular complexity index is 508. The minimum atomic E-state index is -1.01. The first kappa shape index (κ1) is 13.4. The zero-order valence-electron chi connectivity index (χ0n) is 10.1. The van der Waals surface area contributed by atoms with Gasteiger partial charge in [-0.05, 0) is 12.1 Å². The van der Waals surface area contributed by atoms with Crippen molar-refractivity contribution >= 4 is 17.5 Å². The second-order valence-corrected chi connectivity index (χ2v) is 4.38. The van der Waals surface area contributed by atoms with Crippen molar-refractivity contribution in [2.45, 2.75) is 0 Å². The molecule has 0 spiro atoms. The highest BCUT2D eigenvalue weighted by Crippen LogP contribution is 2.12. The first-order valence-electron chi connectivity index (χ1n) is 5.90. The molecular weight excluding hydrogens is 256 g/mol. The van der Waals surface area contributed by atoms with Crippen LogP contribution in [0.4, 0.5) is 14.5 Å². The van der Waals surface area contributed by atoms with Gasteiger partial charge in [-0.2, -0.15) is 0 Å². The van der Waals surface area contributed by atoms with E-state index in [1.165, 1.54) is 6.07 Å². The monoisotopic (exact) mass is 270 g/mol. The molecule has 5 nitrogen and oxygen atoms in total. The van der Waals surface area contributed by atoms with Crippen LogP contribution in [0.2, 0.25) is 0 Å². The summed E-state index contributed by atoms with van der Waals surface area (Å²) in [5, 5.41) is 5.14. The standard InChI is InChI=1S/C12H13F2N3O2/c13-9-2-1-8(5-10(9)14)16-12(19)7-17-4-3-15-11(18)6-17/h1-2,5H,3-4,6-7H2,(H,15,18)(H,16,19)/p+1. The fourth-order valence-electron chi connectivity index (χ4n) is 1.91. The lowest BCUT2D eigenvalue weighted by Crippen LogP contribution is -3.16. The van der Waals surface area contributed by atoms with E-state index < -0.39 is 11.6 Å². The Labute approximate surface area is 108 Å². The van der Waals surface area contributed by atoms with Crippen molar-refractivity contribution in [1.82, 2.24) is 5.32 Å². The Kier molecular flexibility index (Phi) is 4.06. The summed E-state index contributed by atoms with van der Waals surface area (Å²) in [5.41, 5.74) is 0.199. The van der Waals surface area contributed by atoms with Gasteiger partial charge >= 0.3 is 0 Å². The number of hydrogen-bond acceptors (Lipinski definition) is 2. The van der Waals surface area contributed by atoms with Gasteiger partial charge in [0, 0.05) is 11.8 Å². The molecule has 1 saturated heterocycles. The van der Waals surface area contributed by atoms with E-state index in [0.29, 0.717) is 13.1 Å². The van der Waals surface area contributed by atoms with Gasteiger partial charge in [-0.25, -0.2) is 8.78 Å². The summed E-state index contributed by atoms with van der Waals surface area (Å²) < 4.78 is 25.7. The number of rotatable bonds is 3. The lowest BCUT2D eigenvalue weighted by atomic mass is 10.3. The summed E-state index contributed by atoms with van der Waals surface area (Å²) >= 11 is 0. The number of anilines is 1. The van der Waals surface area contributed by atoms with Crippen LogP contribution in [0.3, 0.4) is 0 Å². The molecule has 1 unspecified atom stereocenters. The van der Waals surface area contributed by atoms with Crippen molar-refractivity contribution in [3.63, 3.8) is 0 Å². The fraction of sp³-hybridized carbons (Fsp3) is 0.333. The Morgan fingerprint density at radius 1 is 1.37 bits per heavy atom. The molecule has 0 radical (unpaired) electrons. The molecule has 7 heteroatoms. The van der Waals surface area contributed by atoms with Crippen LogP contribution < -0.4 is 15.5 Å². The molecule has 0 saturated carbocycles. The van der Waals surface area contributed by atoms with Crippen LogP contribution in [0, 0.1) is 11.6 Å². The fourth-order valence-corrected chi connectivity index (χ4v) is 1.91. The maximum Gasteiger partial charge on any atom is 0.279 e. The van der Waals surface area contributed by atoms with E-state index >= 15 is 0 Å². The third-order valence-corrected chi connectivity index (χ3v) is 2.83. The molecule has 2 rings (SSSR count). The summed E-state index contributed by atoms with van der Waals surface area (Å²) in [6.07, 6.45) is 0. The van der Waals surface area contributed by atoms with Gasteiger partial charge in [0.05, 0.1) is 13.1 Å². The van der Waals surface area contributed by atoms with Crippen LogP contribution in [0.5, 0.6) is 0 Å². The van der Waals surface area contributed by atoms with Gasteiger partial charge in [-0.1, -0.05) is 0 Å². The average molecular weight is 270 g/mol. The van der Waals surface area contributed by atoms with Crippen LogP contribution in [0.25, 0.3) is 0 Å². The minimum Gasteiger partial charge on any atom is -0.346 e. The molecule has 19 heavy (non-hydrogen) atoms. The first-order valence-corrected chi connectivity index (χ1v) is 5.90. The first-order chi connectivity index (χ1) is 9.04. The number of quaternary nitrogens is 1. The number of amides is 2. The largest absolute Gasteiger partial charge is 0.346 e. The van der Waals surface area contributed by atoms with Gasteiger partial charge in [0.15, 0.2) is 24.7 Å². The molecule has 1 heterocycles. The van der Waals surface area contributed by atoms with Crippen LogP contribution in [-0.2, 0) is 9.59 Å². The predicted molar refractivity (Wildman–Crippen MR) is 63.6 cm³/mol. The molecule has 1 aromatic rings. The molecule has 1 aliphatic rings.